The molecule has 0 aromatic rings. The third-order valence-corrected chi connectivity index (χ3v) is 0.759. The summed E-state index contributed by atoms with van der Waals surface area (Å²) in [5, 5.41) is 3.71. The Kier molecular flexibility index (Phi) is 1.50. The molecule has 1 aliphatic heterocycles. The summed E-state index contributed by atoms with van der Waals surface area (Å²) in [6.45, 7) is 0.747. The minimum atomic E-state index is 0.747. The summed E-state index contributed by atoms with van der Waals surface area (Å²) in [7, 11) is 0. The van der Waals surface area contributed by atoms with Gasteiger partial charge in [-0.1, -0.05) is 12.2 Å². The van der Waals surface area contributed by atoms with Crippen LogP contribution in [-0.4, -0.2) is 12.8 Å². The van der Waals surface area contributed by atoms with E-state index in [1.807, 2.05) is 6.08 Å². The van der Waals surface area contributed by atoms with E-state index in [1.54, 1.807) is 6.21 Å². The maximum atomic E-state index is 3.75. The monoisotopic (exact) mass is 95.1 g/mol. The Morgan fingerprint density at radius 2 is 2.29 bits per heavy atom. The van der Waals surface area contributed by atoms with Crippen molar-refractivity contribution in [3.8, 4) is 0 Å². The zero-order valence-electron chi connectivity index (χ0n) is 4.04. The smallest absolute Gasteiger partial charge is 0.0784 e. The van der Waals surface area contributed by atoms with Crippen LogP contribution in [0.25, 0.3) is 0 Å². The second kappa shape index (κ2) is 2.39. The van der Waals surface area contributed by atoms with Crippen LogP contribution in [0.15, 0.2) is 17.3 Å². The molecule has 0 spiro atoms. The Morgan fingerprint density at radius 1 is 1.29 bits per heavy atom. The lowest BCUT2D eigenvalue weighted by Crippen LogP contribution is -1.91. The number of hydrogen-bond donors (Lipinski definition) is 0. The Morgan fingerprint density at radius 3 is 3.29 bits per heavy atom. The summed E-state index contributed by atoms with van der Waals surface area (Å²) in [6, 6.07) is 0. The van der Waals surface area contributed by atoms with Gasteiger partial charge in [0, 0.05) is 12.6 Å². The van der Waals surface area contributed by atoms with Crippen LogP contribution in [0, 0.1) is 0 Å². The van der Waals surface area contributed by atoms with Crippen molar-refractivity contribution in [2.24, 2.45) is 5.10 Å². The van der Waals surface area contributed by atoms with Crippen molar-refractivity contribution in [2.45, 2.75) is 6.42 Å². The first-order valence-electron chi connectivity index (χ1n) is 2.33. The van der Waals surface area contributed by atoms with Crippen molar-refractivity contribution in [1.29, 1.82) is 0 Å². The Labute approximate surface area is 42.9 Å². The minimum absolute atomic E-state index is 0.747. The average Bonchev–Trinajstić information content (AvgIpc) is 1.90. The molecule has 1 aliphatic rings. The lowest BCUT2D eigenvalue weighted by molar-refractivity contribution is 0.815. The van der Waals surface area contributed by atoms with Crippen molar-refractivity contribution < 1.29 is 0 Å². The Balaban J connectivity index is 2.38. The summed E-state index contributed by atoms with van der Waals surface area (Å²) in [5.74, 6) is 0. The molecule has 1 heterocycles. The van der Waals surface area contributed by atoms with Crippen LogP contribution in [0.1, 0.15) is 6.42 Å². The van der Waals surface area contributed by atoms with E-state index in [1.165, 1.54) is 0 Å². The first kappa shape index (κ1) is 4.37. The molecule has 0 atom stereocenters. The number of allylic oxidation sites excluding steroid dienone is 1. The first-order valence-corrected chi connectivity index (χ1v) is 2.33. The zero-order chi connectivity index (χ0) is 4.95. The van der Waals surface area contributed by atoms with Crippen molar-refractivity contribution in [1.82, 2.24) is 5.43 Å². The molecule has 0 fully saturated rings. The van der Waals surface area contributed by atoms with E-state index in [0.29, 0.717) is 0 Å². The summed E-state index contributed by atoms with van der Waals surface area (Å²) < 4.78 is 0. The number of hydrogen-bond acceptors (Lipinski definition) is 1. The van der Waals surface area contributed by atoms with Crippen LogP contribution in [-0.2, 0) is 0 Å². The molecule has 0 saturated heterocycles. The third-order valence-electron chi connectivity index (χ3n) is 0.759. The second-order valence-corrected chi connectivity index (χ2v) is 1.33. The topological polar surface area (TPSA) is 26.5 Å². The predicted molar refractivity (Wildman–Crippen MR) is 29.2 cm³/mol. The lowest BCUT2D eigenvalue weighted by atomic mass is 10.4. The fourth-order valence-corrected chi connectivity index (χ4v) is 0.431. The lowest BCUT2D eigenvalue weighted by Gasteiger charge is -1.79. The molecule has 0 amide bonds. The van der Waals surface area contributed by atoms with Gasteiger partial charge >= 0.3 is 0 Å². The quantitative estimate of drug-likeness (QED) is 0.392. The molecule has 1 rings (SSSR count). The normalized spacial score (nSPS) is 18.3. The van der Waals surface area contributed by atoms with E-state index in [4.69, 9.17) is 0 Å². The van der Waals surface area contributed by atoms with E-state index in [2.05, 4.69) is 16.6 Å². The molecule has 0 saturated carbocycles. The summed E-state index contributed by atoms with van der Waals surface area (Å²) in [5.41, 5.74) is 3.75. The highest BCUT2D eigenvalue weighted by Gasteiger charge is 1.80. The Bertz CT molecular complexity index is 82.3. The highest BCUT2D eigenvalue weighted by molar-refractivity contribution is 5.59. The number of nitrogens with zero attached hydrogens (tertiary/aromatic N) is 2. The van der Waals surface area contributed by atoms with Crippen molar-refractivity contribution >= 4 is 6.21 Å². The van der Waals surface area contributed by atoms with E-state index >= 15 is 0 Å². The first-order chi connectivity index (χ1) is 3.50. The van der Waals surface area contributed by atoms with Gasteiger partial charge in [-0.25, -0.2) is 0 Å². The molecular weight excluding hydrogens is 88.1 g/mol. The van der Waals surface area contributed by atoms with Crippen LogP contribution in [0.4, 0.5) is 0 Å². The molecule has 0 aromatic heterocycles. The second-order valence-electron chi connectivity index (χ2n) is 1.33. The van der Waals surface area contributed by atoms with Gasteiger partial charge in [0.1, 0.15) is 0 Å². The van der Waals surface area contributed by atoms with E-state index in [9.17, 15) is 0 Å². The fourth-order valence-electron chi connectivity index (χ4n) is 0.431. The summed E-state index contributed by atoms with van der Waals surface area (Å²) in [4.78, 5) is 0. The highest BCUT2D eigenvalue weighted by atomic mass is 15.3. The molecule has 0 aromatic carbocycles. The van der Waals surface area contributed by atoms with Gasteiger partial charge in [0.15, 0.2) is 0 Å². The molecule has 0 N–H and O–H groups in total. The largest absolute Gasteiger partial charge is 0.185 e. The van der Waals surface area contributed by atoms with Crippen molar-refractivity contribution in [3.05, 3.63) is 12.2 Å². The van der Waals surface area contributed by atoms with Crippen LogP contribution in [0.5, 0.6) is 0 Å². The van der Waals surface area contributed by atoms with Crippen LogP contribution in [0.3, 0.4) is 0 Å². The minimum Gasteiger partial charge on any atom is -0.185 e. The van der Waals surface area contributed by atoms with Gasteiger partial charge in [-0.3, -0.25) is 0 Å². The standard InChI is InChI=1S/C5H7N2/c1-2-4-6-7-5-3-1/h1-2,5H,3-4H2. The van der Waals surface area contributed by atoms with Crippen LogP contribution < -0.4 is 5.43 Å². The molecule has 7 heavy (non-hydrogen) atoms. The average molecular weight is 95.1 g/mol. The van der Waals surface area contributed by atoms with Gasteiger partial charge in [0.2, 0.25) is 0 Å². The molecule has 1 radical (unpaired) electrons. The third kappa shape index (κ3) is 1.39. The molecule has 0 unspecified atom stereocenters. The van der Waals surface area contributed by atoms with E-state index in [0.717, 1.165) is 13.0 Å². The molecule has 0 aliphatic carbocycles. The molecule has 2 heteroatoms. The number of rotatable bonds is 0. The zero-order valence-corrected chi connectivity index (χ0v) is 4.04. The van der Waals surface area contributed by atoms with E-state index in [-0.39, 0.29) is 0 Å². The van der Waals surface area contributed by atoms with Gasteiger partial charge < -0.3 is 0 Å². The molecule has 2 nitrogen and oxygen atoms in total. The van der Waals surface area contributed by atoms with Crippen molar-refractivity contribution in [3.63, 3.8) is 0 Å². The summed E-state index contributed by atoms with van der Waals surface area (Å²) in [6.07, 6.45) is 6.79. The molecule has 37 valence electrons. The Hall–Kier alpha value is -0.790. The van der Waals surface area contributed by atoms with Gasteiger partial charge in [0.25, 0.3) is 0 Å². The summed E-state index contributed by atoms with van der Waals surface area (Å²) >= 11 is 0. The highest BCUT2D eigenvalue weighted by Crippen LogP contribution is 1.82. The van der Waals surface area contributed by atoms with Gasteiger partial charge in [-0.05, 0) is 0 Å². The SMILES string of the molecule is C1=CC[N]N=CC1. The van der Waals surface area contributed by atoms with Crippen LogP contribution in [0.2, 0.25) is 0 Å². The molecule has 0 bridgehead atoms. The maximum Gasteiger partial charge on any atom is 0.0784 e. The van der Waals surface area contributed by atoms with Crippen LogP contribution >= 0.6 is 0 Å². The van der Waals surface area contributed by atoms with Gasteiger partial charge in [-0.2, -0.15) is 10.5 Å². The van der Waals surface area contributed by atoms with Gasteiger partial charge in [-0.15, -0.1) is 0 Å². The molecular formula is C5H7N2. The van der Waals surface area contributed by atoms with Crippen molar-refractivity contribution in [2.75, 3.05) is 6.54 Å². The maximum absolute atomic E-state index is 3.75. The van der Waals surface area contributed by atoms with E-state index < -0.39 is 0 Å². The van der Waals surface area contributed by atoms with Gasteiger partial charge in [0.05, 0.1) is 6.54 Å². The fraction of sp³-hybridized carbons (Fsp3) is 0.400. The predicted octanol–water partition coefficient (Wildman–Crippen LogP) is 0.536.